The zero-order valence-electron chi connectivity index (χ0n) is 10.2. The second-order valence-corrected chi connectivity index (χ2v) is 5.16. The molecule has 0 fully saturated rings. The van der Waals surface area contributed by atoms with Gasteiger partial charge < -0.3 is 9.73 Å². The lowest BCUT2D eigenvalue weighted by Gasteiger charge is -1.97. The van der Waals surface area contributed by atoms with Crippen LogP contribution in [0.15, 0.2) is 16.5 Å². The van der Waals surface area contributed by atoms with Crippen molar-refractivity contribution in [3.05, 3.63) is 22.9 Å². The van der Waals surface area contributed by atoms with Gasteiger partial charge in [-0.05, 0) is 38.6 Å². The second-order valence-electron chi connectivity index (χ2n) is 3.87. The van der Waals surface area contributed by atoms with Crippen LogP contribution in [0.4, 0.5) is 0 Å². The van der Waals surface area contributed by atoms with Gasteiger partial charge in [-0.15, -0.1) is 21.5 Å². The van der Waals surface area contributed by atoms with E-state index in [9.17, 15) is 0 Å². The SMILES string of the molecule is CCNCCCc1nnc(-c2ccc(C)s2)o1. The van der Waals surface area contributed by atoms with E-state index in [0.29, 0.717) is 5.89 Å². The van der Waals surface area contributed by atoms with Crippen molar-refractivity contribution in [3.8, 4) is 10.8 Å². The molecule has 2 rings (SSSR count). The Hall–Kier alpha value is -1.20. The molecule has 0 saturated carbocycles. The zero-order valence-corrected chi connectivity index (χ0v) is 11.0. The molecule has 5 heteroatoms. The molecule has 0 atom stereocenters. The molecule has 0 aliphatic heterocycles. The van der Waals surface area contributed by atoms with E-state index in [2.05, 4.69) is 35.4 Å². The Morgan fingerprint density at radius 1 is 1.35 bits per heavy atom. The summed E-state index contributed by atoms with van der Waals surface area (Å²) in [4.78, 5) is 2.31. The maximum Gasteiger partial charge on any atom is 0.257 e. The molecule has 0 aromatic carbocycles. The van der Waals surface area contributed by atoms with Crippen LogP contribution in [0.1, 0.15) is 24.1 Å². The predicted octanol–water partition coefficient (Wildman–Crippen LogP) is 2.65. The highest BCUT2D eigenvalue weighted by molar-refractivity contribution is 7.15. The molecule has 0 unspecified atom stereocenters. The number of nitrogens with one attached hydrogen (secondary N) is 1. The summed E-state index contributed by atoms with van der Waals surface area (Å²) in [5.41, 5.74) is 0. The number of nitrogens with zero attached hydrogens (tertiary/aromatic N) is 2. The van der Waals surface area contributed by atoms with Crippen molar-refractivity contribution in [2.75, 3.05) is 13.1 Å². The van der Waals surface area contributed by atoms with Crippen LogP contribution in [0.25, 0.3) is 10.8 Å². The van der Waals surface area contributed by atoms with Gasteiger partial charge in [0.1, 0.15) is 0 Å². The van der Waals surface area contributed by atoms with Gasteiger partial charge in [0.2, 0.25) is 5.89 Å². The van der Waals surface area contributed by atoms with E-state index in [-0.39, 0.29) is 0 Å². The van der Waals surface area contributed by atoms with Crippen LogP contribution >= 0.6 is 11.3 Å². The quantitative estimate of drug-likeness (QED) is 0.802. The molecule has 0 amide bonds. The maximum atomic E-state index is 5.62. The molecule has 0 aliphatic rings. The molecule has 0 aliphatic carbocycles. The monoisotopic (exact) mass is 251 g/mol. The van der Waals surface area contributed by atoms with Gasteiger partial charge in [0.25, 0.3) is 5.89 Å². The standard InChI is InChI=1S/C12H17N3OS/c1-3-13-8-4-5-11-14-15-12(16-11)10-7-6-9(2)17-10/h6-7,13H,3-5,8H2,1-2H3. The molecular formula is C12H17N3OS. The van der Waals surface area contributed by atoms with E-state index in [1.165, 1.54) is 4.88 Å². The van der Waals surface area contributed by atoms with Crippen molar-refractivity contribution in [2.24, 2.45) is 0 Å². The number of rotatable bonds is 6. The Morgan fingerprint density at radius 3 is 2.94 bits per heavy atom. The topological polar surface area (TPSA) is 51.0 Å². The van der Waals surface area contributed by atoms with E-state index in [1.807, 2.05) is 6.07 Å². The predicted molar refractivity (Wildman–Crippen MR) is 69.2 cm³/mol. The lowest BCUT2D eigenvalue weighted by Crippen LogP contribution is -2.14. The van der Waals surface area contributed by atoms with Gasteiger partial charge in [-0.2, -0.15) is 0 Å². The minimum Gasteiger partial charge on any atom is -0.420 e. The molecule has 2 heterocycles. The molecule has 4 nitrogen and oxygen atoms in total. The van der Waals surface area contributed by atoms with Crippen molar-refractivity contribution in [1.82, 2.24) is 15.5 Å². The molecule has 0 saturated heterocycles. The van der Waals surface area contributed by atoms with Crippen molar-refractivity contribution in [3.63, 3.8) is 0 Å². The summed E-state index contributed by atoms with van der Waals surface area (Å²) in [6.07, 6.45) is 1.86. The number of hydrogen-bond donors (Lipinski definition) is 1. The summed E-state index contributed by atoms with van der Waals surface area (Å²) in [7, 11) is 0. The third-order valence-electron chi connectivity index (χ3n) is 2.41. The highest BCUT2D eigenvalue weighted by atomic mass is 32.1. The van der Waals surface area contributed by atoms with E-state index >= 15 is 0 Å². The Morgan fingerprint density at radius 2 is 2.24 bits per heavy atom. The van der Waals surface area contributed by atoms with Crippen molar-refractivity contribution >= 4 is 11.3 Å². The van der Waals surface area contributed by atoms with Gasteiger partial charge in [0.05, 0.1) is 4.88 Å². The highest BCUT2D eigenvalue weighted by Crippen LogP contribution is 2.26. The van der Waals surface area contributed by atoms with Crippen LogP contribution < -0.4 is 5.32 Å². The lowest BCUT2D eigenvalue weighted by molar-refractivity contribution is 0.493. The largest absolute Gasteiger partial charge is 0.420 e. The Kier molecular flexibility index (Phi) is 4.28. The number of aromatic nitrogens is 2. The van der Waals surface area contributed by atoms with Gasteiger partial charge in [-0.1, -0.05) is 6.92 Å². The van der Waals surface area contributed by atoms with Crippen LogP contribution in [-0.2, 0) is 6.42 Å². The van der Waals surface area contributed by atoms with E-state index < -0.39 is 0 Å². The number of aryl methyl sites for hydroxylation is 2. The molecule has 0 radical (unpaired) electrons. The number of thiophene rings is 1. The van der Waals surface area contributed by atoms with Crippen molar-refractivity contribution in [2.45, 2.75) is 26.7 Å². The fourth-order valence-electron chi connectivity index (χ4n) is 1.55. The first-order valence-electron chi connectivity index (χ1n) is 5.89. The summed E-state index contributed by atoms with van der Waals surface area (Å²) < 4.78 is 5.62. The molecule has 92 valence electrons. The summed E-state index contributed by atoms with van der Waals surface area (Å²) in [6.45, 7) is 6.17. The van der Waals surface area contributed by atoms with Gasteiger partial charge in [0, 0.05) is 11.3 Å². The molecule has 1 N–H and O–H groups in total. The first-order valence-corrected chi connectivity index (χ1v) is 6.71. The third-order valence-corrected chi connectivity index (χ3v) is 3.40. The third kappa shape index (κ3) is 3.38. The summed E-state index contributed by atoms with van der Waals surface area (Å²) in [5.74, 6) is 1.37. The van der Waals surface area contributed by atoms with Gasteiger partial charge in [0.15, 0.2) is 0 Å². The molecule has 17 heavy (non-hydrogen) atoms. The zero-order chi connectivity index (χ0) is 12.1. The average Bonchev–Trinajstić information content (AvgIpc) is 2.93. The lowest BCUT2D eigenvalue weighted by atomic mass is 10.3. The fraction of sp³-hybridized carbons (Fsp3) is 0.500. The summed E-state index contributed by atoms with van der Waals surface area (Å²) >= 11 is 1.68. The Labute approximate surface area is 105 Å². The van der Waals surface area contributed by atoms with Crippen LogP contribution in [0.3, 0.4) is 0 Å². The highest BCUT2D eigenvalue weighted by Gasteiger charge is 2.09. The Bertz CT molecular complexity index is 464. The molecular weight excluding hydrogens is 234 g/mol. The Balaban J connectivity index is 1.92. The van der Waals surface area contributed by atoms with Gasteiger partial charge in [-0.25, -0.2) is 0 Å². The van der Waals surface area contributed by atoms with Gasteiger partial charge >= 0.3 is 0 Å². The molecule has 0 spiro atoms. The minimum absolute atomic E-state index is 0.640. The first kappa shape index (κ1) is 12.3. The first-order chi connectivity index (χ1) is 8.29. The smallest absolute Gasteiger partial charge is 0.257 e. The van der Waals surface area contributed by atoms with Crippen LogP contribution in [0.5, 0.6) is 0 Å². The van der Waals surface area contributed by atoms with Crippen molar-refractivity contribution < 1.29 is 4.42 Å². The minimum atomic E-state index is 0.640. The van der Waals surface area contributed by atoms with Crippen LogP contribution in [-0.4, -0.2) is 23.3 Å². The molecule has 2 aromatic heterocycles. The maximum absolute atomic E-state index is 5.62. The normalized spacial score (nSPS) is 10.9. The van der Waals surface area contributed by atoms with Crippen molar-refractivity contribution in [1.29, 1.82) is 0 Å². The van der Waals surface area contributed by atoms with E-state index in [0.717, 1.165) is 36.7 Å². The molecule has 2 aromatic rings. The van der Waals surface area contributed by atoms with Gasteiger partial charge in [-0.3, -0.25) is 0 Å². The van der Waals surface area contributed by atoms with E-state index in [1.54, 1.807) is 11.3 Å². The second kappa shape index (κ2) is 5.93. The van der Waals surface area contributed by atoms with E-state index in [4.69, 9.17) is 4.42 Å². The number of hydrogen-bond acceptors (Lipinski definition) is 5. The van der Waals surface area contributed by atoms with Crippen LogP contribution in [0.2, 0.25) is 0 Å². The summed E-state index contributed by atoms with van der Waals surface area (Å²) in [6, 6.07) is 4.09. The summed E-state index contributed by atoms with van der Waals surface area (Å²) in [5, 5.41) is 11.4. The molecule has 0 bridgehead atoms. The fourth-order valence-corrected chi connectivity index (χ4v) is 2.33. The average molecular weight is 251 g/mol. The van der Waals surface area contributed by atoms with Crippen LogP contribution in [0, 0.1) is 6.92 Å².